The first-order valence-electron chi connectivity index (χ1n) is 13.2. The topological polar surface area (TPSA) is 97.0 Å². The highest BCUT2D eigenvalue weighted by Crippen LogP contribution is 2.39. The molecule has 3 rings (SSSR count). The molecule has 7 heteroatoms. The van der Waals surface area contributed by atoms with Gasteiger partial charge in [-0.05, 0) is 68.5 Å². The van der Waals surface area contributed by atoms with E-state index in [-0.39, 0.29) is 5.92 Å². The van der Waals surface area contributed by atoms with E-state index in [9.17, 15) is 4.79 Å². The number of amidine groups is 1. The van der Waals surface area contributed by atoms with Crippen molar-refractivity contribution in [3.05, 3.63) is 78.0 Å². The van der Waals surface area contributed by atoms with Crippen molar-refractivity contribution in [3.8, 4) is 11.5 Å². The molecule has 0 amide bonds. The second-order valence-electron chi connectivity index (χ2n) is 8.66. The first-order valence-corrected chi connectivity index (χ1v) is 13.2. The van der Waals surface area contributed by atoms with Gasteiger partial charge in [0.2, 0.25) is 0 Å². The largest absolute Gasteiger partial charge is 0.457 e. The maximum Gasteiger partial charge on any atom is 0.167 e. The maximum atomic E-state index is 12.3. The first kappa shape index (κ1) is 32.2. The molecule has 1 aliphatic heterocycles. The number of benzene rings is 2. The Bertz CT molecular complexity index is 1050. The van der Waals surface area contributed by atoms with Crippen molar-refractivity contribution in [2.75, 3.05) is 18.5 Å². The molecule has 0 saturated carbocycles. The van der Waals surface area contributed by atoms with Crippen molar-refractivity contribution in [1.29, 1.82) is 0 Å². The van der Waals surface area contributed by atoms with Crippen LogP contribution in [0, 0.1) is 18.8 Å². The highest BCUT2D eigenvalue weighted by atomic mass is 16.5. The van der Waals surface area contributed by atoms with Crippen molar-refractivity contribution < 1.29 is 14.3 Å². The number of rotatable bonds is 12. The monoisotopic (exact) mass is 520 g/mol. The fourth-order valence-electron chi connectivity index (χ4n) is 4.61. The smallest absolute Gasteiger partial charge is 0.167 e. The van der Waals surface area contributed by atoms with Gasteiger partial charge in [-0.3, -0.25) is 4.79 Å². The summed E-state index contributed by atoms with van der Waals surface area (Å²) in [6.07, 6.45) is 6.98. The Labute approximate surface area is 228 Å². The van der Waals surface area contributed by atoms with Crippen LogP contribution < -0.4 is 20.8 Å². The number of aldehydes is 1. The zero-order chi connectivity index (χ0) is 28.5. The zero-order valence-electron chi connectivity index (χ0n) is 23.6. The minimum Gasteiger partial charge on any atom is -0.457 e. The second-order valence-corrected chi connectivity index (χ2v) is 8.66. The molecule has 2 atom stereocenters. The number of allylic oxidation sites excluding steroid dienone is 1. The van der Waals surface area contributed by atoms with Crippen molar-refractivity contribution in [2.24, 2.45) is 22.7 Å². The molecule has 2 aromatic rings. The summed E-state index contributed by atoms with van der Waals surface area (Å²) >= 11 is 0. The fraction of sp³-hybridized carbons (Fsp3) is 0.387. The maximum absolute atomic E-state index is 12.3. The lowest BCUT2D eigenvalue weighted by Crippen LogP contribution is -2.31. The zero-order valence-corrected chi connectivity index (χ0v) is 23.6. The Morgan fingerprint density at radius 3 is 2.24 bits per heavy atom. The quantitative estimate of drug-likeness (QED) is 0.0840. The van der Waals surface area contributed by atoms with Crippen molar-refractivity contribution in [3.63, 3.8) is 0 Å². The molecular weight excluding hydrogens is 476 g/mol. The fourth-order valence-corrected chi connectivity index (χ4v) is 4.61. The van der Waals surface area contributed by atoms with Gasteiger partial charge in [0.1, 0.15) is 24.6 Å². The van der Waals surface area contributed by atoms with Crippen LogP contribution >= 0.6 is 0 Å². The predicted octanol–water partition coefficient (Wildman–Crippen LogP) is 6.39. The molecule has 0 saturated heterocycles. The van der Waals surface area contributed by atoms with Gasteiger partial charge < -0.3 is 25.6 Å². The van der Waals surface area contributed by atoms with E-state index in [1.54, 1.807) is 7.05 Å². The van der Waals surface area contributed by atoms with Gasteiger partial charge in [0.05, 0.1) is 5.70 Å². The Morgan fingerprint density at radius 2 is 1.74 bits per heavy atom. The van der Waals surface area contributed by atoms with E-state index in [1.165, 1.54) is 5.56 Å². The standard InChI is InChI=1S/C28H36N4O2.C2H6.CH2O/c1-5-7-8-9-21(6-2)25-18-32(27(26(25)19-33)28(29)31-30-4)22-12-16-24(17-13-22)34-23-14-10-20(3)11-15-23;2*1-2/h5,10-17,19,21,25,30H,1,6-9,18H2,2-4H3,(H2,29,31);1-2H3;1H2. The number of nitrogens with zero attached hydrogens (tertiary/aromatic N) is 2. The number of nitrogens with two attached hydrogens (primary N) is 1. The van der Waals surface area contributed by atoms with Gasteiger partial charge in [0.25, 0.3) is 0 Å². The van der Waals surface area contributed by atoms with Crippen LogP contribution in [-0.2, 0) is 9.59 Å². The summed E-state index contributed by atoms with van der Waals surface area (Å²) in [5.74, 6) is 2.33. The lowest BCUT2D eigenvalue weighted by Gasteiger charge is -2.26. The molecule has 0 aliphatic carbocycles. The van der Waals surface area contributed by atoms with Gasteiger partial charge in [-0.25, -0.2) is 0 Å². The Hall–Kier alpha value is -3.87. The number of carbonyl (C=O) groups excluding carboxylic acids is 2. The van der Waals surface area contributed by atoms with Gasteiger partial charge in [0.15, 0.2) is 5.84 Å². The molecule has 0 spiro atoms. The number of hydrazone groups is 1. The van der Waals surface area contributed by atoms with Crippen LogP contribution in [0.25, 0.3) is 0 Å². The summed E-state index contributed by atoms with van der Waals surface area (Å²) in [6, 6.07) is 15.8. The molecule has 0 fully saturated rings. The van der Waals surface area contributed by atoms with E-state index >= 15 is 0 Å². The number of hydrogen-bond acceptors (Lipinski definition) is 6. The Morgan fingerprint density at radius 1 is 1.16 bits per heavy atom. The number of unbranched alkanes of at least 4 members (excludes halogenated alkanes) is 1. The molecule has 2 unspecified atom stereocenters. The summed E-state index contributed by atoms with van der Waals surface area (Å²) in [4.78, 5) is 22.4. The van der Waals surface area contributed by atoms with E-state index in [0.717, 1.165) is 54.7 Å². The number of carbonyl (C=O) groups is 2. The molecule has 3 N–H and O–H groups in total. The summed E-state index contributed by atoms with van der Waals surface area (Å²) in [5.41, 5.74) is 12.6. The lowest BCUT2D eigenvalue weighted by molar-refractivity contribution is -0.105. The highest BCUT2D eigenvalue weighted by Gasteiger charge is 2.37. The van der Waals surface area contributed by atoms with Gasteiger partial charge in [-0.2, -0.15) is 5.10 Å². The van der Waals surface area contributed by atoms with Gasteiger partial charge in [-0.1, -0.05) is 51.0 Å². The number of aryl methyl sites for hydroxylation is 1. The second kappa shape index (κ2) is 17.6. The van der Waals surface area contributed by atoms with E-state index in [0.29, 0.717) is 24.0 Å². The molecule has 38 heavy (non-hydrogen) atoms. The normalized spacial score (nSPS) is 15.4. The average Bonchev–Trinajstić information content (AvgIpc) is 3.35. The molecule has 206 valence electrons. The summed E-state index contributed by atoms with van der Waals surface area (Å²) in [5, 5.41) is 4.20. The van der Waals surface area contributed by atoms with Crippen molar-refractivity contribution >= 4 is 24.6 Å². The van der Waals surface area contributed by atoms with Crippen molar-refractivity contribution in [1.82, 2.24) is 5.43 Å². The number of hydrogen-bond donors (Lipinski definition) is 2. The minimum absolute atomic E-state index is 0.0939. The van der Waals surface area contributed by atoms with E-state index < -0.39 is 0 Å². The molecule has 0 bridgehead atoms. The molecule has 2 aromatic carbocycles. The lowest BCUT2D eigenvalue weighted by atomic mass is 9.82. The first-order chi connectivity index (χ1) is 18.5. The van der Waals surface area contributed by atoms with Crippen LogP contribution in [0.1, 0.15) is 52.0 Å². The summed E-state index contributed by atoms with van der Waals surface area (Å²) < 4.78 is 5.98. The molecule has 1 aliphatic rings. The van der Waals surface area contributed by atoms with Crippen LogP contribution in [0.3, 0.4) is 0 Å². The molecule has 0 radical (unpaired) electrons. The van der Waals surface area contributed by atoms with Crippen LogP contribution in [0.5, 0.6) is 11.5 Å². The number of ether oxygens (including phenoxy) is 1. The number of nitrogens with one attached hydrogen (secondary N) is 1. The summed E-state index contributed by atoms with van der Waals surface area (Å²) in [7, 11) is 1.70. The van der Waals surface area contributed by atoms with Crippen LogP contribution in [0.15, 0.2) is 77.6 Å². The van der Waals surface area contributed by atoms with E-state index in [1.807, 2.05) is 82.2 Å². The Kier molecular flexibility index (Phi) is 14.9. The SMILES string of the molecule is C=CCCCC(CC)C1CN(c2ccc(Oc3ccc(C)cc3)cc2)C(/C(N)=N\NC)=C1C=O.C=O.CC. The molecular formula is C31H44N4O3. The van der Waals surface area contributed by atoms with E-state index in [2.05, 4.69) is 28.9 Å². The van der Waals surface area contributed by atoms with Gasteiger partial charge >= 0.3 is 0 Å². The van der Waals surface area contributed by atoms with Crippen LogP contribution in [-0.4, -0.2) is 32.5 Å². The third kappa shape index (κ3) is 8.61. The van der Waals surface area contributed by atoms with Crippen LogP contribution in [0.4, 0.5) is 5.69 Å². The third-order valence-electron chi connectivity index (χ3n) is 6.41. The van der Waals surface area contributed by atoms with Crippen LogP contribution in [0.2, 0.25) is 0 Å². The average molecular weight is 521 g/mol. The van der Waals surface area contributed by atoms with Gasteiger partial charge in [-0.15, -0.1) is 6.58 Å². The molecule has 1 heterocycles. The predicted molar refractivity (Wildman–Crippen MR) is 159 cm³/mol. The molecule has 7 nitrogen and oxygen atoms in total. The number of anilines is 1. The van der Waals surface area contributed by atoms with Crippen molar-refractivity contribution in [2.45, 2.75) is 53.4 Å². The Balaban J connectivity index is 0.00000172. The molecule has 0 aromatic heterocycles. The minimum atomic E-state index is 0.0939. The summed E-state index contributed by atoms with van der Waals surface area (Å²) in [6.45, 7) is 14.8. The van der Waals surface area contributed by atoms with Gasteiger partial charge in [0, 0.05) is 30.8 Å². The van der Waals surface area contributed by atoms with E-state index in [4.69, 9.17) is 15.3 Å². The highest BCUT2D eigenvalue weighted by molar-refractivity contribution is 6.06. The third-order valence-corrected chi connectivity index (χ3v) is 6.41.